The van der Waals surface area contributed by atoms with Gasteiger partial charge in [0.25, 0.3) is 0 Å². The lowest BCUT2D eigenvalue weighted by Gasteiger charge is -2.24. The van der Waals surface area contributed by atoms with Crippen LogP contribution in [0.1, 0.15) is 88.1 Å². The average Bonchev–Trinajstić information content (AvgIpc) is 2.70. The van der Waals surface area contributed by atoms with Crippen LogP contribution in [-0.2, 0) is 9.53 Å². The molecular weight excluding hydrogens is 426 g/mol. The molecule has 0 atom stereocenters. The predicted molar refractivity (Wildman–Crippen MR) is 125 cm³/mol. The summed E-state index contributed by atoms with van der Waals surface area (Å²) >= 11 is 0. The van der Waals surface area contributed by atoms with Crippen molar-refractivity contribution in [2.45, 2.75) is 84.7 Å². The Balaban J connectivity index is 1.76. The molecule has 0 amide bonds. The Labute approximate surface area is 194 Å². The number of esters is 1. The van der Waals surface area contributed by atoms with E-state index in [1.807, 2.05) is 0 Å². The molecule has 0 radical (unpaired) electrons. The van der Waals surface area contributed by atoms with Crippen molar-refractivity contribution in [3.63, 3.8) is 0 Å². The number of nitrogens with one attached hydrogen (secondary N) is 2. The van der Waals surface area contributed by atoms with Gasteiger partial charge < -0.3 is 10.1 Å². The second-order valence-electron chi connectivity index (χ2n) is 9.79. The smallest absolute Gasteiger partial charge is 0.352 e. The summed E-state index contributed by atoms with van der Waals surface area (Å²) in [7, 11) is 0. The molecule has 2 N–H and O–H groups in total. The quantitative estimate of drug-likeness (QED) is 0.190. The number of hydrogen-bond acceptors (Lipinski definition) is 5. The van der Waals surface area contributed by atoms with Crippen LogP contribution < -0.4 is 0 Å². The summed E-state index contributed by atoms with van der Waals surface area (Å²) in [6.45, 7) is 6.76. The molecule has 0 heterocycles. The predicted octanol–water partition coefficient (Wildman–Crippen LogP) is 6.51. The van der Waals surface area contributed by atoms with Crippen molar-refractivity contribution in [2.75, 3.05) is 0 Å². The molecule has 33 heavy (non-hydrogen) atoms. The fourth-order valence-corrected chi connectivity index (χ4v) is 3.96. The summed E-state index contributed by atoms with van der Waals surface area (Å²) in [6, 6.07) is 1.79. The van der Waals surface area contributed by atoms with E-state index in [0.29, 0.717) is 25.2 Å². The molecule has 7 heteroatoms. The van der Waals surface area contributed by atoms with Crippen molar-refractivity contribution in [3.05, 3.63) is 46.5 Å². The first kappa shape index (κ1) is 26.6. The Hall–Kier alpha value is -2.70. The first-order valence-electron chi connectivity index (χ1n) is 11.4. The van der Waals surface area contributed by atoms with Gasteiger partial charge in [-0.1, -0.05) is 11.6 Å². The van der Waals surface area contributed by atoms with Gasteiger partial charge in [0.05, 0.1) is 0 Å². The van der Waals surface area contributed by atoms with Gasteiger partial charge in [0.15, 0.2) is 5.78 Å². The number of rotatable bonds is 9. The number of Topliss-reactive ketones (excluding diaryl/α,β-unsaturated/α-hetero) is 1. The summed E-state index contributed by atoms with van der Waals surface area (Å²) < 4.78 is 32.4. The van der Waals surface area contributed by atoms with Gasteiger partial charge >= 0.3 is 5.97 Å². The molecule has 0 unspecified atom stereocenters. The van der Waals surface area contributed by atoms with Gasteiger partial charge in [0.2, 0.25) is 0 Å². The van der Waals surface area contributed by atoms with Crippen LogP contribution in [0.25, 0.3) is 0 Å². The molecule has 0 spiro atoms. The molecular formula is C26H34F2N2O3. The average molecular weight is 461 g/mol. The largest absolute Gasteiger partial charge is 0.456 e. The normalized spacial score (nSPS) is 16.3. The number of allylic oxidation sites excluding steroid dienone is 2. The van der Waals surface area contributed by atoms with E-state index in [9.17, 15) is 18.4 Å². The standard InChI is InChI=1S/C26H34F2N2O3/c1-16-21(13-19(27)14-22(16)28)24(31)15-20(29)12-18-10-8-17(9-11-18)6-5-7-23(30)25(32)33-26(2,3)4/h6,13-14,18,29-30H,5,7-12,15H2,1-4H3. The summed E-state index contributed by atoms with van der Waals surface area (Å²) in [4.78, 5) is 24.3. The van der Waals surface area contributed by atoms with Crippen LogP contribution in [0.4, 0.5) is 8.78 Å². The van der Waals surface area contributed by atoms with Gasteiger partial charge in [-0.25, -0.2) is 13.6 Å². The van der Waals surface area contributed by atoms with E-state index in [0.717, 1.165) is 37.8 Å². The van der Waals surface area contributed by atoms with E-state index in [2.05, 4.69) is 6.08 Å². The monoisotopic (exact) mass is 460 g/mol. The maximum atomic E-state index is 13.7. The molecule has 1 aliphatic rings. The van der Waals surface area contributed by atoms with E-state index in [1.54, 1.807) is 20.8 Å². The van der Waals surface area contributed by atoms with Crippen molar-refractivity contribution in [1.29, 1.82) is 10.8 Å². The zero-order valence-corrected chi connectivity index (χ0v) is 19.9. The van der Waals surface area contributed by atoms with Crippen LogP contribution >= 0.6 is 0 Å². The van der Waals surface area contributed by atoms with E-state index < -0.39 is 29.0 Å². The molecule has 0 aromatic heterocycles. The SMILES string of the molecule is Cc1c(F)cc(F)cc1C(=O)CC(=N)CC1CCC(=CCCC(=N)C(=O)OC(C)(C)C)CC1. The third-order valence-corrected chi connectivity index (χ3v) is 5.74. The summed E-state index contributed by atoms with van der Waals surface area (Å²) in [5.41, 5.74) is 1.06. The van der Waals surface area contributed by atoms with Gasteiger partial charge in [0.1, 0.15) is 22.9 Å². The summed E-state index contributed by atoms with van der Waals surface area (Å²) in [5, 5.41) is 16.1. The first-order chi connectivity index (χ1) is 15.4. The number of carbonyl (C=O) groups is 2. The van der Waals surface area contributed by atoms with E-state index in [1.165, 1.54) is 12.5 Å². The van der Waals surface area contributed by atoms with Crippen molar-refractivity contribution < 1.29 is 23.1 Å². The Bertz CT molecular complexity index is 951. The number of halogens is 2. The molecule has 1 aromatic rings. The van der Waals surface area contributed by atoms with Crippen LogP contribution in [0.15, 0.2) is 23.8 Å². The van der Waals surface area contributed by atoms with Crippen molar-refractivity contribution in [2.24, 2.45) is 5.92 Å². The highest BCUT2D eigenvalue weighted by molar-refractivity contribution is 6.35. The minimum Gasteiger partial charge on any atom is -0.456 e. The highest BCUT2D eigenvalue weighted by Gasteiger charge is 2.22. The first-order valence-corrected chi connectivity index (χ1v) is 11.4. The van der Waals surface area contributed by atoms with Gasteiger partial charge in [-0.15, -0.1) is 0 Å². The van der Waals surface area contributed by atoms with E-state index >= 15 is 0 Å². The van der Waals surface area contributed by atoms with Crippen LogP contribution in [0, 0.1) is 35.3 Å². The fraction of sp³-hybridized carbons (Fsp3) is 0.538. The van der Waals surface area contributed by atoms with Gasteiger partial charge in [-0.3, -0.25) is 10.2 Å². The van der Waals surface area contributed by atoms with Gasteiger partial charge in [-0.2, -0.15) is 0 Å². The summed E-state index contributed by atoms with van der Waals surface area (Å²) in [6.07, 6.45) is 7.00. The number of benzene rings is 1. The molecule has 5 nitrogen and oxygen atoms in total. The number of hydrogen-bond donors (Lipinski definition) is 2. The molecule has 180 valence electrons. The van der Waals surface area contributed by atoms with Crippen molar-refractivity contribution in [1.82, 2.24) is 0 Å². The lowest BCUT2D eigenvalue weighted by molar-refractivity contribution is -0.146. The summed E-state index contributed by atoms with van der Waals surface area (Å²) in [5.74, 6) is -2.25. The highest BCUT2D eigenvalue weighted by atomic mass is 19.1. The second kappa shape index (κ2) is 11.4. The molecule has 0 bridgehead atoms. The van der Waals surface area contributed by atoms with Crippen LogP contribution in [0.2, 0.25) is 0 Å². The van der Waals surface area contributed by atoms with Crippen LogP contribution in [0.5, 0.6) is 0 Å². The van der Waals surface area contributed by atoms with Gasteiger partial charge in [0, 0.05) is 23.8 Å². The van der Waals surface area contributed by atoms with Gasteiger partial charge in [-0.05, 0) is 90.2 Å². The Morgan fingerprint density at radius 3 is 2.39 bits per heavy atom. The lowest BCUT2D eigenvalue weighted by atomic mass is 9.81. The molecule has 1 aromatic carbocycles. The molecule has 0 aliphatic heterocycles. The zero-order valence-electron chi connectivity index (χ0n) is 19.9. The number of ketones is 1. The number of carbonyl (C=O) groups excluding carboxylic acids is 2. The fourth-order valence-electron chi connectivity index (χ4n) is 3.96. The van der Waals surface area contributed by atoms with Crippen molar-refractivity contribution >= 4 is 23.2 Å². The van der Waals surface area contributed by atoms with E-state index in [4.69, 9.17) is 15.6 Å². The van der Waals surface area contributed by atoms with Crippen molar-refractivity contribution in [3.8, 4) is 0 Å². The third kappa shape index (κ3) is 8.63. The minimum atomic E-state index is -0.791. The molecule has 0 saturated heterocycles. The third-order valence-electron chi connectivity index (χ3n) is 5.74. The molecule has 2 rings (SSSR count). The second-order valence-corrected chi connectivity index (χ2v) is 9.79. The number of ether oxygens (including phenoxy) is 1. The van der Waals surface area contributed by atoms with E-state index in [-0.39, 0.29) is 29.0 Å². The Kier molecular flexibility index (Phi) is 9.20. The highest BCUT2D eigenvalue weighted by Crippen LogP contribution is 2.31. The molecule has 1 saturated carbocycles. The van der Waals surface area contributed by atoms with Crippen LogP contribution in [-0.4, -0.2) is 28.8 Å². The molecule has 1 aliphatic carbocycles. The lowest BCUT2D eigenvalue weighted by Crippen LogP contribution is -2.28. The Morgan fingerprint density at radius 1 is 1.15 bits per heavy atom. The van der Waals surface area contributed by atoms with Crippen LogP contribution in [0.3, 0.4) is 0 Å². The maximum Gasteiger partial charge on any atom is 0.352 e. The maximum absolute atomic E-state index is 13.7. The topological polar surface area (TPSA) is 91.1 Å². The zero-order chi connectivity index (χ0) is 24.8. The molecule has 1 fully saturated rings. The Morgan fingerprint density at radius 2 is 1.79 bits per heavy atom. The minimum absolute atomic E-state index is 0.00284.